The van der Waals surface area contributed by atoms with E-state index in [1.165, 1.54) is 11.3 Å². The Kier molecular flexibility index (Phi) is 3.00. The van der Waals surface area contributed by atoms with Crippen LogP contribution in [0.25, 0.3) is 11.0 Å². The van der Waals surface area contributed by atoms with Crippen molar-refractivity contribution >= 4 is 16.9 Å². The lowest BCUT2D eigenvalue weighted by Gasteiger charge is -2.43. The first-order chi connectivity index (χ1) is 10.6. The zero-order valence-electron chi connectivity index (χ0n) is 12.3. The molecular weight excluding hydrogens is 282 g/mol. The maximum atomic E-state index is 12.7. The standard InChI is InChI=1S/C16H17N3O3/c1-9-2-7-12-14(20)13(8-17-15(12)18-9)16(21)19-10-3-5-11(22-19)6-4-10/h2,7-8,10-11H,3-6H2,1H3,(H,17,18,20). The Hall–Kier alpha value is -2.21. The van der Waals surface area contributed by atoms with Gasteiger partial charge in [0.05, 0.1) is 17.5 Å². The van der Waals surface area contributed by atoms with Gasteiger partial charge in [0.2, 0.25) is 5.43 Å². The molecule has 1 N–H and O–H groups in total. The Morgan fingerprint density at radius 2 is 2.09 bits per heavy atom. The maximum absolute atomic E-state index is 12.7. The van der Waals surface area contributed by atoms with E-state index in [1.807, 2.05) is 6.92 Å². The SMILES string of the molecule is Cc1ccc2c(=O)c(C(=O)N3OC4CCC3CC4)c[nH]c2n1. The number of hydroxylamine groups is 2. The van der Waals surface area contributed by atoms with E-state index in [9.17, 15) is 9.59 Å². The zero-order valence-corrected chi connectivity index (χ0v) is 12.3. The van der Waals surface area contributed by atoms with E-state index in [1.54, 1.807) is 12.1 Å². The molecule has 6 nitrogen and oxygen atoms in total. The van der Waals surface area contributed by atoms with E-state index in [4.69, 9.17) is 4.84 Å². The molecule has 4 heterocycles. The summed E-state index contributed by atoms with van der Waals surface area (Å²) in [5.41, 5.74) is 1.14. The molecule has 0 atom stereocenters. The topological polar surface area (TPSA) is 75.3 Å². The average molecular weight is 299 g/mol. The van der Waals surface area contributed by atoms with Crippen molar-refractivity contribution in [1.29, 1.82) is 0 Å². The number of aryl methyl sites for hydroxylation is 1. The number of fused-ring (bicyclic) bond motifs is 4. The number of H-pyrrole nitrogens is 1. The van der Waals surface area contributed by atoms with E-state index in [0.717, 1.165) is 31.4 Å². The number of carbonyl (C=O) groups is 1. The Labute approximate surface area is 127 Å². The first-order valence-corrected chi connectivity index (χ1v) is 7.63. The van der Waals surface area contributed by atoms with Crippen LogP contribution in [-0.4, -0.2) is 33.1 Å². The number of hydrogen-bond acceptors (Lipinski definition) is 4. The first-order valence-electron chi connectivity index (χ1n) is 7.63. The minimum Gasteiger partial charge on any atom is -0.345 e. The number of hydrogen-bond donors (Lipinski definition) is 1. The Morgan fingerprint density at radius 3 is 2.77 bits per heavy atom. The minimum absolute atomic E-state index is 0.0868. The lowest BCUT2D eigenvalue weighted by molar-refractivity contribution is -0.242. The van der Waals surface area contributed by atoms with Crippen LogP contribution in [0.1, 0.15) is 41.7 Å². The highest BCUT2D eigenvalue weighted by atomic mass is 16.7. The zero-order chi connectivity index (χ0) is 15.3. The van der Waals surface area contributed by atoms with E-state index >= 15 is 0 Å². The summed E-state index contributed by atoms with van der Waals surface area (Å²) in [7, 11) is 0. The minimum atomic E-state index is -0.349. The summed E-state index contributed by atoms with van der Waals surface area (Å²) in [6.07, 6.45) is 5.44. The molecule has 1 saturated carbocycles. The van der Waals surface area contributed by atoms with Gasteiger partial charge in [0.25, 0.3) is 5.91 Å². The van der Waals surface area contributed by atoms with Gasteiger partial charge in [-0.05, 0) is 44.7 Å². The molecule has 2 bridgehead atoms. The number of aromatic nitrogens is 2. The highest BCUT2D eigenvalue weighted by Crippen LogP contribution is 2.33. The summed E-state index contributed by atoms with van der Waals surface area (Å²) < 4.78 is 0. The van der Waals surface area contributed by atoms with Crippen molar-refractivity contribution in [3.63, 3.8) is 0 Å². The Balaban J connectivity index is 1.75. The van der Waals surface area contributed by atoms with E-state index in [0.29, 0.717) is 11.0 Å². The molecule has 1 aliphatic carbocycles. The van der Waals surface area contributed by atoms with Crippen molar-refractivity contribution in [1.82, 2.24) is 15.0 Å². The third-order valence-corrected chi connectivity index (χ3v) is 4.55. The van der Waals surface area contributed by atoms with Crippen molar-refractivity contribution < 1.29 is 9.63 Å². The second kappa shape index (κ2) is 4.91. The molecule has 0 unspecified atom stereocenters. The van der Waals surface area contributed by atoms with Crippen molar-refractivity contribution in [2.45, 2.75) is 44.8 Å². The number of rotatable bonds is 1. The molecule has 0 aromatic carbocycles. The van der Waals surface area contributed by atoms with Crippen molar-refractivity contribution in [2.75, 3.05) is 0 Å². The van der Waals surface area contributed by atoms with Crippen LogP contribution in [0.2, 0.25) is 0 Å². The summed E-state index contributed by atoms with van der Waals surface area (Å²) in [6.45, 7) is 1.86. The third kappa shape index (κ3) is 2.02. The van der Waals surface area contributed by atoms with E-state index in [2.05, 4.69) is 9.97 Å². The molecule has 2 saturated heterocycles. The van der Waals surface area contributed by atoms with Gasteiger partial charge < -0.3 is 4.98 Å². The number of nitrogens with zero attached hydrogens (tertiary/aromatic N) is 2. The fraction of sp³-hybridized carbons (Fsp3) is 0.438. The monoisotopic (exact) mass is 299 g/mol. The first kappa shape index (κ1) is 13.5. The number of amides is 1. The van der Waals surface area contributed by atoms with Crippen LogP contribution in [0.5, 0.6) is 0 Å². The van der Waals surface area contributed by atoms with Crippen LogP contribution in [0.4, 0.5) is 0 Å². The molecule has 114 valence electrons. The molecule has 0 spiro atoms. The Morgan fingerprint density at radius 1 is 1.32 bits per heavy atom. The third-order valence-electron chi connectivity index (χ3n) is 4.55. The van der Waals surface area contributed by atoms with Gasteiger partial charge >= 0.3 is 0 Å². The fourth-order valence-corrected chi connectivity index (χ4v) is 3.32. The molecule has 0 radical (unpaired) electrons. The van der Waals surface area contributed by atoms with Gasteiger partial charge in [0.1, 0.15) is 11.2 Å². The molecular formula is C16H17N3O3. The van der Waals surface area contributed by atoms with Gasteiger partial charge in [-0.1, -0.05) is 0 Å². The number of aromatic amines is 1. The largest absolute Gasteiger partial charge is 0.345 e. The highest BCUT2D eigenvalue weighted by Gasteiger charge is 2.39. The summed E-state index contributed by atoms with van der Waals surface area (Å²) in [4.78, 5) is 38.2. The lowest BCUT2D eigenvalue weighted by Crippen LogP contribution is -2.52. The number of pyridine rings is 2. The number of carbonyl (C=O) groups excluding carboxylic acids is 1. The summed E-state index contributed by atoms with van der Waals surface area (Å²) in [6, 6.07) is 3.56. The molecule has 6 heteroatoms. The molecule has 3 aliphatic rings. The lowest BCUT2D eigenvalue weighted by atomic mass is 9.90. The van der Waals surface area contributed by atoms with Crippen molar-refractivity contribution in [2.24, 2.45) is 0 Å². The molecule has 22 heavy (non-hydrogen) atoms. The predicted octanol–water partition coefficient (Wildman–Crippen LogP) is 1.93. The van der Waals surface area contributed by atoms with Crippen LogP contribution in [0, 0.1) is 6.92 Å². The predicted molar refractivity (Wildman–Crippen MR) is 80.4 cm³/mol. The van der Waals surface area contributed by atoms with E-state index in [-0.39, 0.29) is 29.0 Å². The Bertz CT molecular complexity index is 806. The van der Waals surface area contributed by atoms with Crippen LogP contribution in [0.3, 0.4) is 0 Å². The van der Waals surface area contributed by atoms with Gasteiger partial charge in [0.15, 0.2) is 0 Å². The summed E-state index contributed by atoms with van der Waals surface area (Å²) in [5.74, 6) is -0.349. The van der Waals surface area contributed by atoms with Crippen LogP contribution < -0.4 is 5.43 Å². The highest BCUT2D eigenvalue weighted by molar-refractivity contribution is 5.96. The molecule has 3 fully saturated rings. The van der Waals surface area contributed by atoms with Crippen LogP contribution in [-0.2, 0) is 4.84 Å². The second-order valence-corrected chi connectivity index (χ2v) is 6.05. The smallest absolute Gasteiger partial charge is 0.283 e. The molecule has 5 rings (SSSR count). The van der Waals surface area contributed by atoms with Crippen molar-refractivity contribution in [3.8, 4) is 0 Å². The van der Waals surface area contributed by atoms with Gasteiger partial charge in [-0.2, -0.15) is 0 Å². The molecule has 2 aromatic rings. The number of nitrogens with one attached hydrogen (secondary N) is 1. The fourth-order valence-electron chi connectivity index (χ4n) is 3.32. The quantitative estimate of drug-likeness (QED) is 0.873. The van der Waals surface area contributed by atoms with Crippen LogP contribution >= 0.6 is 0 Å². The molecule has 1 amide bonds. The normalized spacial score (nSPS) is 24.0. The molecule has 2 aromatic heterocycles. The summed E-state index contributed by atoms with van der Waals surface area (Å²) >= 11 is 0. The van der Waals surface area contributed by atoms with Gasteiger partial charge in [-0.15, -0.1) is 0 Å². The van der Waals surface area contributed by atoms with Gasteiger partial charge in [-0.25, -0.2) is 10.0 Å². The van der Waals surface area contributed by atoms with E-state index < -0.39 is 0 Å². The maximum Gasteiger partial charge on any atom is 0.283 e. The van der Waals surface area contributed by atoms with Gasteiger partial charge in [0, 0.05) is 11.9 Å². The molecule has 2 aliphatic heterocycles. The summed E-state index contributed by atoms with van der Waals surface area (Å²) in [5, 5.41) is 1.84. The second-order valence-electron chi connectivity index (χ2n) is 6.05. The van der Waals surface area contributed by atoms with Crippen LogP contribution in [0.15, 0.2) is 23.1 Å². The average Bonchev–Trinajstić information content (AvgIpc) is 2.55. The van der Waals surface area contributed by atoms with Crippen molar-refractivity contribution in [3.05, 3.63) is 39.8 Å². The van der Waals surface area contributed by atoms with Gasteiger partial charge in [-0.3, -0.25) is 14.4 Å².